The van der Waals surface area contributed by atoms with Crippen molar-refractivity contribution in [3.63, 3.8) is 0 Å². The molecule has 0 spiro atoms. The summed E-state index contributed by atoms with van der Waals surface area (Å²) in [6.07, 6.45) is 13.8. The van der Waals surface area contributed by atoms with Crippen LogP contribution in [0, 0.1) is 5.92 Å². The summed E-state index contributed by atoms with van der Waals surface area (Å²) in [4.78, 5) is 16.4. The van der Waals surface area contributed by atoms with E-state index in [1.807, 2.05) is 12.1 Å². The van der Waals surface area contributed by atoms with Crippen molar-refractivity contribution >= 4 is 5.91 Å². The Labute approximate surface area is 132 Å². The van der Waals surface area contributed by atoms with E-state index in [9.17, 15) is 4.79 Å². The van der Waals surface area contributed by atoms with Crippen molar-refractivity contribution in [3.05, 3.63) is 36.0 Å². The third-order valence-electron chi connectivity index (χ3n) is 4.47. The summed E-state index contributed by atoms with van der Waals surface area (Å²) >= 11 is 0. The van der Waals surface area contributed by atoms with Crippen LogP contribution in [0.15, 0.2) is 30.5 Å². The predicted molar refractivity (Wildman–Crippen MR) is 85.4 cm³/mol. The monoisotopic (exact) mass is 300 g/mol. The van der Waals surface area contributed by atoms with Crippen molar-refractivity contribution in [1.29, 1.82) is 0 Å². The van der Waals surface area contributed by atoms with E-state index < -0.39 is 0 Å². The first-order valence-electron chi connectivity index (χ1n) is 8.35. The minimum Gasteiger partial charge on any atom is -0.474 e. The normalized spacial score (nSPS) is 21.2. The molecule has 3 rings (SSSR count). The molecule has 1 fully saturated rings. The SMILES string of the molecule is O=C(CC1C=CCC1)NCc1cccnc1OC1CCCC1. The maximum absolute atomic E-state index is 12.0. The summed E-state index contributed by atoms with van der Waals surface area (Å²) in [6.45, 7) is 0.491. The number of aromatic nitrogens is 1. The van der Waals surface area contributed by atoms with Gasteiger partial charge in [0.05, 0.1) is 0 Å². The minimum atomic E-state index is 0.104. The van der Waals surface area contributed by atoms with E-state index in [0.29, 0.717) is 24.8 Å². The zero-order valence-electron chi connectivity index (χ0n) is 13.0. The van der Waals surface area contributed by atoms with Gasteiger partial charge in [0.15, 0.2) is 0 Å². The van der Waals surface area contributed by atoms with Crippen molar-refractivity contribution in [1.82, 2.24) is 10.3 Å². The average Bonchev–Trinajstić information content (AvgIpc) is 3.20. The average molecular weight is 300 g/mol. The molecule has 1 saturated carbocycles. The highest BCUT2D eigenvalue weighted by Crippen LogP contribution is 2.25. The van der Waals surface area contributed by atoms with E-state index in [1.54, 1.807) is 6.20 Å². The molecule has 1 N–H and O–H groups in total. The van der Waals surface area contributed by atoms with Crippen LogP contribution in [0.4, 0.5) is 0 Å². The summed E-state index contributed by atoms with van der Waals surface area (Å²) in [6, 6.07) is 3.87. The molecule has 0 bridgehead atoms. The Morgan fingerprint density at radius 2 is 2.18 bits per heavy atom. The Bertz CT molecular complexity index is 536. The number of ether oxygens (including phenoxy) is 1. The fourth-order valence-electron chi connectivity index (χ4n) is 3.20. The van der Waals surface area contributed by atoms with E-state index in [4.69, 9.17) is 4.74 Å². The van der Waals surface area contributed by atoms with Gasteiger partial charge in [-0.3, -0.25) is 4.79 Å². The van der Waals surface area contributed by atoms with E-state index >= 15 is 0 Å². The van der Waals surface area contributed by atoms with Gasteiger partial charge in [0.1, 0.15) is 6.10 Å². The molecule has 0 aliphatic heterocycles. The van der Waals surface area contributed by atoms with Gasteiger partial charge in [0.25, 0.3) is 0 Å². The van der Waals surface area contributed by atoms with Gasteiger partial charge in [-0.2, -0.15) is 0 Å². The van der Waals surface area contributed by atoms with Gasteiger partial charge in [-0.15, -0.1) is 0 Å². The Morgan fingerprint density at radius 3 is 2.95 bits per heavy atom. The molecule has 2 aliphatic rings. The van der Waals surface area contributed by atoms with Crippen LogP contribution in [-0.4, -0.2) is 17.0 Å². The number of hydrogen-bond acceptors (Lipinski definition) is 3. The molecule has 1 atom stereocenters. The number of nitrogens with one attached hydrogen (secondary N) is 1. The van der Waals surface area contributed by atoms with Gasteiger partial charge >= 0.3 is 0 Å². The summed E-state index contributed by atoms with van der Waals surface area (Å²) < 4.78 is 6.00. The minimum absolute atomic E-state index is 0.104. The van der Waals surface area contributed by atoms with Crippen molar-refractivity contribution in [2.24, 2.45) is 5.92 Å². The lowest BCUT2D eigenvalue weighted by Crippen LogP contribution is -2.25. The van der Waals surface area contributed by atoms with Crippen LogP contribution >= 0.6 is 0 Å². The zero-order valence-corrected chi connectivity index (χ0v) is 13.0. The standard InChI is InChI=1S/C18H24N2O2/c21-17(12-14-6-1-2-7-14)20-13-15-8-5-11-19-18(15)22-16-9-3-4-10-16/h1,5-6,8,11,14,16H,2-4,7,9-10,12-13H2,(H,20,21). The molecular weight excluding hydrogens is 276 g/mol. The van der Waals surface area contributed by atoms with Crippen molar-refractivity contribution in [2.75, 3.05) is 0 Å². The molecule has 4 nitrogen and oxygen atoms in total. The summed E-state index contributed by atoms with van der Waals surface area (Å²) in [5.74, 6) is 1.19. The molecule has 22 heavy (non-hydrogen) atoms. The molecule has 2 aliphatic carbocycles. The highest BCUT2D eigenvalue weighted by atomic mass is 16.5. The van der Waals surface area contributed by atoms with E-state index in [-0.39, 0.29) is 12.0 Å². The van der Waals surface area contributed by atoms with Crippen LogP contribution in [0.5, 0.6) is 5.88 Å². The van der Waals surface area contributed by atoms with E-state index in [1.165, 1.54) is 12.8 Å². The lowest BCUT2D eigenvalue weighted by Gasteiger charge is -2.15. The first kappa shape index (κ1) is 15.1. The van der Waals surface area contributed by atoms with Gasteiger partial charge in [0.2, 0.25) is 11.8 Å². The lowest BCUT2D eigenvalue weighted by molar-refractivity contribution is -0.121. The highest BCUT2D eigenvalue weighted by Gasteiger charge is 2.19. The number of carbonyl (C=O) groups excluding carboxylic acids is 1. The number of nitrogens with zero attached hydrogens (tertiary/aromatic N) is 1. The number of amides is 1. The number of allylic oxidation sites excluding steroid dienone is 2. The number of hydrogen-bond donors (Lipinski definition) is 1. The van der Waals surface area contributed by atoms with Crippen LogP contribution in [0.3, 0.4) is 0 Å². The van der Waals surface area contributed by atoms with Crippen LogP contribution in [0.1, 0.15) is 50.5 Å². The lowest BCUT2D eigenvalue weighted by atomic mass is 10.1. The van der Waals surface area contributed by atoms with Crippen LogP contribution in [-0.2, 0) is 11.3 Å². The Balaban J connectivity index is 1.52. The number of rotatable bonds is 6. The number of carbonyl (C=O) groups is 1. The third-order valence-corrected chi connectivity index (χ3v) is 4.47. The van der Waals surface area contributed by atoms with Gasteiger partial charge in [-0.1, -0.05) is 18.2 Å². The van der Waals surface area contributed by atoms with Crippen molar-refractivity contribution in [2.45, 2.75) is 57.6 Å². The van der Waals surface area contributed by atoms with Gasteiger partial charge in [-0.05, 0) is 50.5 Å². The second-order valence-corrected chi connectivity index (χ2v) is 6.24. The quantitative estimate of drug-likeness (QED) is 0.819. The maximum Gasteiger partial charge on any atom is 0.220 e. The van der Waals surface area contributed by atoms with Gasteiger partial charge in [-0.25, -0.2) is 4.98 Å². The van der Waals surface area contributed by atoms with Crippen LogP contribution in [0.2, 0.25) is 0 Å². The number of pyridine rings is 1. The summed E-state index contributed by atoms with van der Waals surface area (Å²) in [7, 11) is 0. The Hall–Kier alpha value is -1.84. The zero-order chi connectivity index (χ0) is 15.2. The highest BCUT2D eigenvalue weighted by molar-refractivity contribution is 5.76. The predicted octanol–water partition coefficient (Wildman–Crippen LogP) is 3.38. The molecule has 118 valence electrons. The molecule has 0 saturated heterocycles. The molecular formula is C18H24N2O2. The van der Waals surface area contributed by atoms with E-state index in [2.05, 4.69) is 22.5 Å². The smallest absolute Gasteiger partial charge is 0.220 e. The fourth-order valence-corrected chi connectivity index (χ4v) is 3.20. The Kier molecular flexibility index (Phi) is 5.09. The topological polar surface area (TPSA) is 51.2 Å². The largest absolute Gasteiger partial charge is 0.474 e. The molecule has 1 heterocycles. The second kappa shape index (κ2) is 7.43. The maximum atomic E-state index is 12.0. The first-order valence-corrected chi connectivity index (χ1v) is 8.35. The first-order chi connectivity index (χ1) is 10.8. The molecule has 0 radical (unpaired) electrons. The molecule has 1 aromatic heterocycles. The fraction of sp³-hybridized carbons (Fsp3) is 0.556. The van der Waals surface area contributed by atoms with E-state index in [0.717, 1.165) is 31.2 Å². The van der Waals surface area contributed by atoms with Gasteiger partial charge in [0, 0.05) is 24.7 Å². The Morgan fingerprint density at radius 1 is 1.32 bits per heavy atom. The summed E-state index contributed by atoms with van der Waals surface area (Å²) in [5, 5.41) is 3.00. The molecule has 1 aromatic rings. The molecule has 1 unspecified atom stereocenters. The van der Waals surface area contributed by atoms with Gasteiger partial charge < -0.3 is 10.1 Å². The third kappa shape index (κ3) is 4.09. The van der Waals surface area contributed by atoms with Crippen LogP contribution in [0.25, 0.3) is 0 Å². The molecule has 0 aromatic carbocycles. The molecule has 1 amide bonds. The summed E-state index contributed by atoms with van der Waals surface area (Å²) in [5.41, 5.74) is 0.963. The molecule has 4 heteroatoms. The van der Waals surface area contributed by atoms with Crippen molar-refractivity contribution < 1.29 is 9.53 Å². The van der Waals surface area contributed by atoms with Crippen molar-refractivity contribution in [3.8, 4) is 5.88 Å². The van der Waals surface area contributed by atoms with Crippen LogP contribution < -0.4 is 10.1 Å². The second-order valence-electron chi connectivity index (χ2n) is 6.24.